The fraction of sp³-hybridized carbons (Fsp3) is 0.317. The van der Waals surface area contributed by atoms with Gasteiger partial charge in [-0.2, -0.15) is 5.26 Å². The highest BCUT2D eigenvalue weighted by molar-refractivity contribution is 6.40. The van der Waals surface area contributed by atoms with Crippen molar-refractivity contribution in [1.82, 2.24) is 29.7 Å². The first-order valence-electron chi connectivity index (χ1n) is 26.8. The number of carbonyl (C=O) groups excluding carboxylic acids is 6. The van der Waals surface area contributed by atoms with Gasteiger partial charge in [-0.15, -0.1) is 0 Å². The molecule has 3 atom stereocenters. The smallest absolute Gasteiger partial charge is 0.394 e. The molecule has 0 saturated carbocycles. The molecule has 0 radical (unpaired) electrons. The van der Waals surface area contributed by atoms with Crippen molar-refractivity contribution in [1.29, 1.82) is 5.26 Å². The van der Waals surface area contributed by atoms with E-state index in [0.29, 0.717) is 54.1 Å². The third-order valence-electron chi connectivity index (χ3n) is 12.8. The van der Waals surface area contributed by atoms with Gasteiger partial charge in [-0.05, 0) is 104 Å². The van der Waals surface area contributed by atoms with Gasteiger partial charge in [0.15, 0.2) is 6.29 Å². The number of aliphatic carboxylic acids is 1. The normalized spacial score (nSPS) is 16.1. The van der Waals surface area contributed by atoms with Crippen molar-refractivity contribution in [3.63, 3.8) is 0 Å². The number of aliphatic hydroxyl groups excluding tert-OH is 2. The van der Waals surface area contributed by atoms with Crippen LogP contribution in [0.1, 0.15) is 122 Å². The molecule has 5 amide bonds. The minimum absolute atomic E-state index is 0.00194. The molecule has 3 fully saturated rings. The number of anilines is 3. The summed E-state index contributed by atoms with van der Waals surface area (Å²) in [4.78, 5) is 99.6. The minimum atomic E-state index is -1.37. The van der Waals surface area contributed by atoms with Crippen molar-refractivity contribution in [3.8, 4) is 6.07 Å². The van der Waals surface area contributed by atoms with Crippen LogP contribution in [0, 0.1) is 11.3 Å². The Morgan fingerprint density at radius 1 is 0.617 bits per heavy atom. The average Bonchev–Trinajstić information content (AvgIpc) is 3.62. The van der Waals surface area contributed by atoms with Crippen LogP contribution in [0.25, 0.3) is 0 Å². The number of alkyl halides is 1. The standard InChI is InChI=1S/C19H21N3O3.C19H19N3O3.C13H15NO3.C6H8N2O.C2H3N.CH3F/c2*23-13-14-10-16(12-20-11-14)21-18(24)19(25)22-9-5-4-8-17(22)15-6-2-1-3-7-15;15-12(13(16)17)14-9-5-4-8-11(14)10-6-2-1-3-7-10;7-6-1-5(4-9)2-8-3-6;1-2-3;1-2/h1-3,6-7,10-12,17,23H,4-5,8-9,13H2,(H,21,24);1-3,6-7,10-13,17H,4-5,8-9H2,(H,21,24);1-3,6-7,11H,4-5,8-9H2,(H,16,17);1-3,9H,4,7H2;1H3;1H3/i;;;;;1D. The lowest BCUT2D eigenvalue weighted by molar-refractivity contribution is -0.158. The van der Waals surface area contributed by atoms with Crippen LogP contribution in [0.4, 0.5) is 21.5 Å². The molecule has 3 aromatic heterocycles. The Hall–Kier alpha value is -9.26. The van der Waals surface area contributed by atoms with Crippen LogP contribution < -0.4 is 16.4 Å². The predicted molar refractivity (Wildman–Crippen MR) is 302 cm³/mol. The van der Waals surface area contributed by atoms with Crippen LogP contribution in [-0.4, -0.2) is 114 Å². The van der Waals surface area contributed by atoms with Gasteiger partial charge in [0, 0.05) is 56.9 Å². The highest BCUT2D eigenvalue weighted by Crippen LogP contribution is 2.33. The molecule has 21 heteroatoms. The summed E-state index contributed by atoms with van der Waals surface area (Å²) in [5.74, 6) is -4.66. The van der Waals surface area contributed by atoms with Crippen LogP contribution in [-0.2, 0) is 42.0 Å². The highest BCUT2D eigenvalue weighted by atomic mass is 19.1. The maximum Gasteiger partial charge on any atom is 0.394 e. The Kier molecular flexibility index (Phi) is 27.3. The summed E-state index contributed by atoms with van der Waals surface area (Å²) in [7, 11) is -1.00. The number of benzene rings is 3. The lowest BCUT2D eigenvalue weighted by Gasteiger charge is -2.35. The van der Waals surface area contributed by atoms with Crippen molar-refractivity contribution >= 4 is 58.9 Å². The van der Waals surface area contributed by atoms with E-state index in [-0.39, 0.29) is 31.3 Å². The van der Waals surface area contributed by atoms with Gasteiger partial charge in [0.25, 0.3) is 0 Å². The van der Waals surface area contributed by atoms with Gasteiger partial charge in [0.2, 0.25) is 0 Å². The van der Waals surface area contributed by atoms with E-state index in [0.717, 1.165) is 80.0 Å². The van der Waals surface area contributed by atoms with Gasteiger partial charge in [-0.3, -0.25) is 48.1 Å². The average molecular weight is 1110 g/mol. The van der Waals surface area contributed by atoms with Crippen molar-refractivity contribution in [2.24, 2.45) is 0 Å². The molecule has 7 N–H and O–H groups in total. The number of carbonyl (C=O) groups is 7. The van der Waals surface area contributed by atoms with E-state index in [1.54, 1.807) is 40.4 Å². The van der Waals surface area contributed by atoms with E-state index < -0.39 is 42.7 Å². The van der Waals surface area contributed by atoms with Crippen LogP contribution in [0.5, 0.6) is 0 Å². The zero-order chi connectivity index (χ0) is 59.7. The number of nitrogen functional groups attached to an aromatic ring is 1. The van der Waals surface area contributed by atoms with Crippen LogP contribution in [0.3, 0.4) is 0 Å². The lowest BCUT2D eigenvalue weighted by Crippen LogP contribution is -2.44. The Balaban J connectivity index is 0.000000238. The maximum atomic E-state index is 12.7. The largest absolute Gasteiger partial charge is 0.474 e. The molecule has 3 aromatic carbocycles. The molecular weight excluding hydrogens is 1040 g/mol. The van der Waals surface area contributed by atoms with Gasteiger partial charge in [0.1, 0.15) is 0 Å². The van der Waals surface area contributed by atoms with E-state index in [1.165, 1.54) is 42.7 Å². The number of aliphatic hydroxyl groups is 2. The molecule has 3 aliphatic heterocycles. The number of rotatable bonds is 8. The zero-order valence-corrected chi connectivity index (χ0v) is 45.1. The molecule has 6 heterocycles. The van der Waals surface area contributed by atoms with Gasteiger partial charge in [-0.1, -0.05) is 91.0 Å². The van der Waals surface area contributed by atoms with E-state index in [2.05, 4.69) is 25.6 Å². The SMILES string of the molecule is CC#N.Nc1cncc(CO)c1.O=C(Nc1cncc(CO)c1)C(=O)N1CCCCC1c1ccccc1.O=C(O)C(=O)N1CCCCC1c1ccccc1.O=Cc1cncc(NC(=O)C(=O)N2CCCCC2c2ccccc2)c1.[2H]CF. The number of hydrogen-bond acceptors (Lipinski definition) is 14. The summed E-state index contributed by atoms with van der Waals surface area (Å²) < 4.78 is 15.5. The van der Waals surface area contributed by atoms with E-state index >= 15 is 0 Å². The van der Waals surface area contributed by atoms with Gasteiger partial charge >= 0.3 is 35.5 Å². The van der Waals surface area contributed by atoms with Gasteiger partial charge in [0.05, 0.1) is 75.4 Å². The monoisotopic (exact) mass is 1110 g/mol. The first-order chi connectivity index (χ1) is 39.7. The van der Waals surface area contributed by atoms with E-state index in [1.807, 2.05) is 91.0 Å². The van der Waals surface area contributed by atoms with E-state index in [9.17, 15) is 38.0 Å². The number of hydrogen-bond donors (Lipinski definition) is 6. The predicted octanol–water partition coefficient (Wildman–Crippen LogP) is 7.95. The second kappa shape index (κ2) is 35.3. The fourth-order valence-corrected chi connectivity index (χ4v) is 9.17. The summed E-state index contributed by atoms with van der Waals surface area (Å²) in [6.45, 7) is 2.91. The summed E-state index contributed by atoms with van der Waals surface area (Å²) in [5.41, 5.74) is 11.4. The molecule has 0 aliphatic carbocycles. The van der Waals surface area contributed by atoms with Crippen LogP contribution in [0.15, 0.2) is 146 Å². The summed E-state index contributed by atoms with van der Waals surface area (Å²) in [6.07, 6.45) is 17.8. The van der Waals surface area contributed by atoms with Crippen molar-refractivity contribution in [3.05, 3.63) is 180 Å². The number of aldehydes is 1. The topological polar surface area (TPSA) is 302 Å². The molecule has 20 nitrogen and oxygen atoms in total. The van der Waals surface area contributed by atoms with Crippen molar-refractivity contribution < 1.29 is 54.6 Å². The van der Waals surface area contributed by atoms with Crippen molar-refractivity contribution in [2.75, 3.05) is 43.2 Å². The third kappa shape index (κ3) is 20.5. The Morgan fingerprint density at radius 3 is 1.33 bits per heavy atom. The van der Waals surface area contributed by atoms with Gasteiger partial charge < -0.3 is 46.4 Å². The number of nitrogens with one attached hydrogen (secondary N) is 2. The quantitative estimate of drug-likeness (QED) is 0.0622. The molecule has 3 saturated heterocycles. The lowest BCUT2D eigenvalue weighted by atomic mass is 9.95. The number of carboxylic acids is 1. The number of carboxylic acid groups (broad SMARTS) is 1. The number of nitrogens with zero attached hydrogens (tertiary/aromatic N) is 7. The number of nitrogens with two attached hydrogens (primary N) is 1. The number of piperidine rings is 3. The number of pyridine rings is 3. The number of halogens is 1. The molecule has 6 aromatic rings. The summed E-state index contributed by atoms with van der Waals surface area (Å²) in [6, 6.07) is 35.4. The number of aromatic nitrogens is 3. The Labute approximate surface area is 471 Å². The molecule has 0 bridgehead atoms. The second-order valence-electron chi connectivity index (χ2n) is 18.3. The Bertz CT molecular complexity index is 3020. The maximum absolute atomic E-state index is 12.7. The number of amides is 5. The Morgan fingerprint density at radius 2 is 0.975 bits per heavy atom. The highest BCUT2D eigenvalue weighted by Gasteiger charge is 2.34. The molecule has 9 rings (SSSR count). The molecule has 0 spiro atoms. The second-order valence-corrected chi connectivity index (χ2v) is 18.3. The molecular formula is C60H69FN10O10. The summed E-state index contributed by atoms with van der Waals surface area (Å²) in [5, 5.41) is 39.0. The number of likely N-dealkylation sites (tertiary alicyclic amines) is 3. The zero-order valence-electron chi connectivity index (χ0n) is 46.1. The van der Waals surface area contributed by atoms with Crippen LogP contribution >= 0.6 is 0 Å². The molecule has 426 valence electrons. The molecule has 3 aliphatic rings. The summed E-state index contributed by atoms with van der Waals surface area (Å²) >= 11 is 0. The fourth-order valence-electron chi connectivity index (χ4n) is 9.17. The van der Waals surface area contributed by atoms with Gasteiger partial charge in [-0.25, -0.2) is 4.79 Å². The van der Waals surface area contributed by atoms with E-state index in [4.69, 9.17) is 27.7 Å². The van der Waals surface area contributed by atoms with Crippen LogP contribution in [0.2, 0.25) is 0 Å². The molecule has 81 heavy (non-hydrogen) atoms. The molecule has 3 unspecified atom stereocenters. The minimum Gasteiger partial charge on any atom is -0.474 e. The third-order valence-corrected chi connectivity index (χ3v) is 12.8. The number of nitriles is 1. The first-order valence-corrected chi connectivity index (χ1v) is 26.1. The first kappa shape index (κ1) is 62.6. The van der Waals surface area contributed by atoms with Crippen molar-refractivity contribution in [2.45, 2.75) is 96.1 Å².